The van der Waals surface area contributed by atoms with Crippen LogP contribution < -0.4 is 0 Å². The van der Waals surface area contributed by atoms with Gasteiger partial charge in [-0.1, -0.05) is 26.8 Å². The first-order chi connectivity index (χ1) is 13.2. The number of aliphatic carboxylic acids is 1. The largest absolute Gasteiger partial charge is 0.481 e. The Hall–Kier alpha value is -2.37. The highest BCUT2D eigenvalue weighted by Gasteiger charge is 2.63. The van der Waals surface area contributed by atoms with Gasteiger partial charge < -0.3 is 5.11 Å². The average molecular weight is 386 g/mol. The van der Waals surface area contributed by atoms with E-state index >= 15 is 0 Å². The Morgan fingerprint density at radius 3 is 2.57 bits per heavy atom. The van der Waals surface area contributed by atoms with E-state index in [0.717, 1.165) is 24.1 Å². The predicted octanol–water partition coefficient (Wildman–Crippen LogP) is 5.08. The third-order valence-electron chi connectivity index (χ3n) is 7.27. The minimum Gasteiger partial charge on any atom is -0.481 e. The van der Waals surface area contributed by atoms with Gasteiger partial charge in [0.25, 0.3) is 0 Å². The maximum absolute atomic E-state index is 14.2. The second-order valence-corrected chi connectivity index (χ2v) is 8.67. The lowest BCUT2D eigenvalue weighted by molar-refractivity contribution is -0.143. The zero-order valence-electron chi connectivity index (χ0n) is 16.3. The van der Waals surface area contributed by atoms with Gasteiger partial charge in [0.15, 0.2) is 0 Å². The molecule has 1 N–H and O–H groups in total. The van der Waals surface area contributed by atoms with Gasteiger partial charge in [-0.3, -0.25) is 4.79 Å². The number of carboxylic acids is 1. The molecule has 1 heterocycles. The number of hydrogen-bond donors (Lipinski definition) is 1. The number of hydrogen-bond acceptors (Lipinski definition) is 3. The molecular formula is C22H24F2N2O2. The molecule has 0 saturated heterocycles. The molecule has 0 aliphatic heterocycles. The fourth-order valence-corrected chi connectivity index (χ4v) is 5.57. The molecule has 0 amide bonds. The number of carbonyl (C=O) groups is 1. The van der Waals surface area contributed by atoms with Crippen LogP contribution in [0.3, 0.4) is 0 Å². The van der Waals surface area contributed by atoms with Crippen LogP contribution in [0.15, 0.2) is 24.3 Å². The fraction of sp³-hybridized carbons (Fsp3) is 0.500. The van der Waals surface area contributed by atoms with E-state index in [1.165, 1.54) is 18.2 Å². The summed E-state index contributed by atoms with van der Waals surface area (Å²) in [6, 6.07) is 5.51. The molecule has 2 aliphatic rings. The minimum atomic E-state index is -0.789. The third-order valence-corrected chi connectivity index (χ3v) is 7.27. The first kappa shape index (κ1) is 19.0. The van der Waals surface area contributed by atoms with Crippen LogP contribution in [-0.4, -0.2) is 21.3 Å². The Kier molecular flexibility index (Phi) is 4.28. The van der Waals surface area contributed by atoms with Gasteiger partial charge in [0, 0.05) is 5.41 Å². The molecule has 4 nitrogen and oxygen atoms in total. The van der Waals surface area contributed by atoms with Gasteiger partial charge in [0.1, 0.15) is 11.6 Å². The zero-order chi connectivity index (χ0) is 20.3. The summed E-state index contributed by atoms with van der Waals surface area (Å²) in [6.45, 7) is 6.20. The Balaban J connectivity index is 1.84. The summed E-state index contributed by atoms with van der Waals surface area (Å²) in [5, 5.41) is 18.2. The quantitative estimate of drug-likeness (QED) is 0.779. The van der Waals surface area contributed by atoms with Crippen molar-refractivity contribution in [3.05, 3.63) is 47.2 Å². The van der Waals surface area contributed by atoms with Crippen LogP contribution in [0.5, 0.6) is 0 Å². The number of halogens is 2. The van der Waals surface area contributed by atoms with Crippen molar-refractivity contribution in [2.24, 2.45) is 11.3 Å². The molecular weight excluding hydrogens is 362 g/mol. The molecule has 0 spiro atoms. The summed E-state index contributed by atoms with van der Waals surface area (Å²) in [4.78, 5) is 11.7. The van der Waals surface area contributed by atoms with Crippen molar-refractivity contribution in [1.82, 2.24) is 10.2 Å². The molecule has 1 fully saturated rings. The minimum absolute atomic E-state index is 0.163. The maximum Gasteiger partial charge on any atom is 0.306 e. The number of fused-ring (bicyclic) bond motifs is 5. The van der Waals surface area contributed by atoms with E-state index in [2.05, 4.69) is 24.0 Å². The number of aromatic nitrogens is 2. The van der Waals surface area contributed by atoms with Crippen molar-refractivity contribution in [3.63, 3.8) is 0 Å². The highest BCUT2D eigenvalue weighted by atomic mass is 19.1. The van der Waals surface area contributed by atoms with Crippen molar-refractivity contribution in [2.75, 3.05) is 0 Å². The Morgan fingerprint density at radius 2 is 1.96 bits per heavy atom. The second kappa shape index (κ2) is 6.33. The van der Waals surface area contributed by atoms with Crippen molar-refractivity contribution in [3.8, 4) is 11.3 Å². The molecule has 2 aliphatic carbocycles. The molecule has 28 heavy (non-hydrogen) atoms. The van der Waals surface area contributed by atoms with Crippen molar-refractivity contribution >= 4 is 5.97 Å². The smallest absolute Gasteiger partial charge is 0.306 e. The summed E-state index contributed by atoms with van der Waals surface area (Å²) < 4.78 is 28.5. The highest BCUT2D eigenvalue weighted by molar-refractivity contribution is 5.70. The predicted molar refractivity (Wildman–Crippen MR) is 101 cm³/mol. The number of carboxylic acid groups (broad SMARTS) is 1. The van der Waals surface area contributed by atoms with E-state index in [0.29, 0.717) is 12.8 Å². The molecule has 4 rings (SSSR count). The second-order valence-electron chi connectivity index (χ2n) is 8.67. The van der Waals surface area contributed by atoms with Gasteiger partial charge in [0.2, 0.25) is 0 Å². The van der Waals surface area contributed by atoms with Crippen LogP contribution in [0.25, 0.3) is 11.3 Å². The SMILES string of the molecule is CC[C@H](C[C@@]12CC[C@@H](c3cc(-c4c(F)cccc4F)nnc31)C2(C)C)C(=O)O. The van der Waals surface area contributed by atoms with E-state index in [4.69, 9.17) is 0 Å². The molecule has 2 aromatic rings. The summed E-state index contributed by atoms with van der Waals surface area (Å²) in [5.74, 6) is -2.39. The molecule has 1 aromatic carbocycles. The van der Waals surface area contributed by atoms with Crippen molar-refractivity contribution in [1.29, 1.82) is 0 Å². The van der Waals surface area contributed by atoms with Gasteiger partial charge in [-0.05, 0) is 60.8 Å². The fourth-order valence-electron chi connectivity index (χ4n) is 5.57. The van der Waals surface area contributed by atoms with Gasteiger partial charge in [0.05, 0.1) is 22.9 Å². The molecule has 0 radical (unpaired) electrons. The number of benzene rings is 1. The lowest BCUT2D eigenvalue weighted by atomic mass is 9.64. The van der Waals surface area contributed by atoms with Crippen LogP contribution in [-0.2, 0) is 10.2 Å². The van der Waals surface area contributed by atoms with Crippen LogP contribution in [0.2, 0.25) is 0 Å². The van der Waals surface area contributed by atoms with Crippen LogP contribution in [0.4, 0.5) is 8.78 Å². The molecule has 148 valence electrons. The standard InChI is InChI=1S/C22H24F2N2O2/c1-4-12(20(27)28)11-22-9-8-14(21(22,2)3)13-10-17(25-26-19(13)22)18-15(23)6-5-7-16(18)24/h5-7,10,12,14H,4,8-9,11H2,1-3H3,(H,27,28)/t12-,14+,22+/m1/s1. The van der Waals surface area contributed by atoms with Crippen LogP contribution in [0, 0.1) is 23.0 Å². The Morgan fingerprint density at radius 1 is 1.29 bits per heavy atom. The van der Waals surface area contributed by atoms with Gasteiger partial charge >= 0.3 is 5.97 Å². The normalized spacial score (nSPS) is 25.5. The highest BCUT2D eigenvalue weighted by Crippen LogP contribution is 2.69. The Bertz CT molecular complexity index is 939. The number of rotatable bonds is 5. The van der Waals surface area contributed by atoms with Crippen LogP contribution in [0.1, 0.15) is 63.6 Å². The lowest BCUT2D eigenvalue weighted by Crippen LogP contribution is -2.39. The van der Waals surface area contributed by atoms with Gasteiger partial charge in [-0.25, -0.2) is 8.78 Å². The van der Waals surface area contributed by atoms with E-state index in [9.17, 15) is 18.7 Å². The van der Waals surface area contributed by atoms with E-state index in [-0.39, 0.29) is 28.0 Å². The van der Waals surface area contributed by atoms with Crippen LogP contribution >= 0.6 is 0 Å². The first-order valence-corrected chi connectivity index (χ1v) is 9.78. The molecule has 6 heteroatoms. The molecule has 1 aromatic heterocycles. The Labute approximate surface area is 163 Å². The van der Waals surface area contributed by atoms with Crippen molar-refractivity contribution in [2.45, 2.75) is 57.8 Å². The lowest BCUT2D eigenvalue weighted by Gasteiger charge is -2.39. The van der Waals surface area contributed by atoms with Crippen molar-refractivity contribution < 1.29 is 18.7 Å². The van der Waals surface area contributed by atoms with Gasteiger partial charge in [-0.2, -0.15) is 10.2 Å². The molecule has 3 atom stereocenters. The topological polar surface area (TPSA) is 63.1 Å². The van der Waals surface area contributed by atoms with Gasteiger partial charge in [-0.15, -0.1) is 0 Å². The van der Waals surface area contributed by atoms with E-state index in [1.54, 1.807) is 6.07 Å². The maximum atomic E-state index is 14.2. The zero-order valence-corrected chi connectivity index (χ0v) is 16.3. The summed E-state index contributed by atoms with van der Waals surface area (Å²) >= 11 is 0. The van der Waals surface area contributed by atoms with E-state index < -0.39 is 23.5 Å². The monoisotopic (exact) mass is 386 g/mol. The molecule has 1 saturated carbocycles. The summed E-state index contributed by atoms with van der Waals surface area (Å²) in [6.07, 6.45) is 2.85. The van der Waals surface area contributed by atoms with E-state index in [1.807, 2.05) is 6.92 Å². The summed E-state index contributed by atoms with van der Waals surface area (Å²) in [5.41, 5.74) is 1.26. The first-order valence-electron chi connectivity index (χ1n) is 9.78. The number of nitrogens with zero attached hydrogens (tertiary/aromatic N) is 2. The third kappa shape index (κ3) is 2.43. The summed E-state index contributed by atoms with van der Waals surface area (Å²) in [7, 11) is 0. The average Bonchev–Trinajstić information content (AvgIpc) is 3.00. The molecule has 2 bridgehead atoms. The molecule has 0 unspecified atom stereocenters.